The van der Waals surface area contributed by atoms with E-state index in [-0.39, 0.29) is 74.9 Å². The van der Waals surface area contributed by atoms with Gasteiger partial charge in [0.1, 0.15) is 40.2 Å². The number of pyridine rings is 1. The predicted molar refractivity (Wildman–Crippen MR) is 185 cm³/mol. The van der Waals surface area contributed by atoms with Gasteiger partial charge in [0, 0.05) is 49.1 Å². The Morgan fingerprint density at radius 1 is 1.08 bits per heavy atom. The highest BCUT2D eigenvalue weighted by atomic mass is 19.1. The average Bonchev–Trinajstić information content (AvgIpc) is 3.83. The molecule has 2 bridgehead atoms. The molecule has 2 atom stereocenters. The third-order valence-electron chi connectivity index (χ3n) is 10.9. The molecule has 2 aromatic carbocycles. The number of aromatic hydroxyl groups is 1. The van der Waals surface area contributed by atoms with Gasteiger partial charge in [-0.3, -0.25) is 0 Å². The van der Waals surface area contributed by atoms with E-state index in [4.69, 9.17) is 26.6 Å². The van der Waals surface area contributed by atoms with Crippen molar-refractivity contribution >= 4 is 33.5 Å². The van der Waals surface area contributed by atoms with Gasteiger partial charge in [-0.15, -0.1) is 6.42 Å². The Labute approximate surface area is 292 Å². The fourth-order valence-corrected chi connectivity index (χ4v) is 8.19. The number of alkyl halides is 1. The monoisotopic (exact) mass is 701 g/mol. The van der Waals surface area contributed by atoms with Crippen molar-refractivity contribution < 1.29 is 32.5 Å². The van der Waals surface area contributed by atoms with Gasteiger partial charge in [-0.1, -0.05) is 12.0 Å². The quantitative estimate of drug-likeness (QED) is 0.240. The maximum Gasteiger partial charge on any atom is 0.319 e. The number of terminal acetylenes is 1. The van der Waals surface area contributed by atoms with Crippen LogP contribution in [0, 0.1) is 29.4 Å². The number of phenolic OH excluding ortho intramolecular Hbond substituents is 1. The van der Waals surface area contributed by atoms with Crippen LogP contribution in [0.15, 0.2) is 24.3 Å². The van der Waals surface area contributed by atoms with Gasteiger partial charge in [0.25, 0.3) is 0 Å². The van der Waals surface area contributed by atoms with Crippen molar-refractivity contribution in [3.05, 3.63) is 41.5 Å². The normalized spacial score (nSPS) is 21.6. The number of anilines is 1. The first kappa shape index (κ1) is 33.1. The number of hydrogen-bond acceptors (Lipinski definition) is 9. The van der Waals surface area contributed by atoms with E-state index >= 15 is 4.39 Å². The molecule has 51 heavy (non-hydrogen) atoms. The molecule has 1 saturated carbocycles. The number of benzene rings is 2. The highest BCUT2D eigenvalue weighted by Crippen LogP contribution is 2.48. The molecule has 4 aliphatic rings. The molecule has 266 valence electrons. The van der Waals surface area contributed by atoms with E-state index in [1.54, 1.807) is 4.90 Å². The van der Waals surface area contributed by atoms with E-state index in [9.17, 15) is 18.7 Å². The number of carbonyl (C=O) groups is 1. The van der Waals surface area contributed by atoms with Gasteiger partial charge in [-0.05, 0) is 62.1 Å². The Kier molecular flexibility index (Phi) is 8.21. The van der Waals surface area contributed by atoms with Crippen molar-refractivity contribution in [2.75, 3.05) is 51.3 Å². The minimum Gasteiger partial charge on any atom is -0.508 e. The zero-order valence-electron chi connectivity index (χ0n) is 28.2. The van der Waals surface area contributed by atoms with Crippen LogP contribution < -0.4 is 20.1 Å². The van der Waals surface area contributed by atoms with Crippen molar-refractivity contribution in [3.8, 4) is 41.2 Å². The number of piperidine rings is 1. The lowest BCUT2D eigenvalue weighted by atomic mass is 9.95. The lowest BCUT2D eigenvalue weighted by Gasteiger charge is -2.41. The molecule has 4 aromatic rings. The van der Waals surface area contributed by atoms with Crippen molar-refractivity contribution in [3.63, 3.8) is 0 Å². The number of fused-ring (bicyclic) bond motifs is 4. The second kappa shape index (κ2) is 12.6. The van der Waals surface area contributed by atoms with Crippen LogP contribution in [0.25, 0.3) is 32.9 Å². The number of likely N-dealkylation sites (tertiary alicyclic amines) is 1. The molecule has 14 heteroatoms. The minimum absolute atomic E-state index is 0.00212. The van der Waals surface area contributed by atoms with Crippen LogP contribution in [0.1, 0.15) is 44.1 Å². The van der Waals surface area contributed by atoms with Gasteiger partial charge in [0.15, 0.2) is 5.82 Å². The van der Waals surface area contributed by atoms with Gasteiger partial charge >= 0.3 is 12.0 Å². The van der Waals surface area contributed by atoms with Crippen molar-refractivity contribution in [1.82, 2.24) is 24.8 Å². The van der Waals surface area contributed by atoms with Gasteiger partial charge < -0.3 is 35.0 Å². The molecule has 0 radical (unpaired) electrons. The van der Waals surface area contributed by atoms with Crippen molar-refractivity contribution in [2.45, 2.75) is 56.8 Å². The Morgan fingerprint density at radius 2 is 1.80 bits per heavy atom. The second-order valence-electron chi connectivity index (χ2n) is 14.3. The summed E-state index contributed by atoms with van der Waals surface area (Å²) in [7, 11) is 1.39. The predicted octanol–water partition coefficient (Wildman–Crippen LogP) is 5.14. The van der Waals surface area contributed by atoms with Crippen LogP contribution in [0.4, 0.5) is 23.8 Å². The number of halogens is 3. The lowest BCUT2D eigenvalue weighted by Crippen LogP contribution is -2.57. The number of nitrogens with two attached hydrogens (primary N) is 1. The topological polar surface area (TPSA) is 130 Å². The van der Waals surface area contributed by atoms with Crippen molar-refractivity contribution in [2.24, 2.45) is 11.1 Å². The Bertz CT molecular complexity index is 2080. The number of carbonyl (C=O) groups excluding carboxylic acids is 1. The van der Waals surface area contributed by atoms with Crippen LogP contribution >= 0.6 is 0 Å². The SMILES string of the molecule is C#Cc1c(F)ccc2cc(O)cc(-c3nc(OC)c4c(N5CC6CCC(C5)N6C(N)=O)nc(OCC5(CN6CCC(F)CC6)CC5)nc4c3F)c12. The number of piperazine rings is 1. The van der Waals surface area contributed by atoms with Crippen LogP contribution in [0.5, 0.6) is 17.6 Å². The molecule has 8 rings (SSSR count). The molecule has 3 aliphatic heterocycles. The summed E-state index contributed by atoms with van der Waals surface area (Å²) in [6, 6.07) is 4.46. The highest BCUT2D eigenvalue weighted by molar-refractivity contribution is 6.04. The maximum absolute atomic E-state index is 17.1. The van der Waals surface area contributed by atoms with E-state index in [1.807, 2.05) is 4.90 Å². The zero-order chi connectivity index (χ0) is 35.6. The molecule has 5 heterocycles. The number of aromatic nitrogens is 3. The standard InChI is InChI=1S/C37H38F3N7O4/c1-3-25-27(39)7-4-20-14-24(48)15-26(28(20)25)31-30(40)32-29(34(42-31)50-2)33(46-16-22-5-6-23(17-46)47(22)35(41)49)44-36(43-32)51-19-37(10-11-37)18-45-12-8-21(38)9-13-45/h1,4,7,14-15,21-23,48H,5-6,8-13,16-19H2,2H3,(H2,41,49). The summed E-state index contributed by atoms with van der Waals surface area (Å²) in [5.41, 5.74) is 5.13. The van der Waals surface area contributed by atoms with E-state index in [1.165, 1.54) is 31.4 Å². The Balaban J connectivity index is 1.25. The van der Waals surface area contributed by atoms with E-state index in [2.05, 4.69) is 20.8 Å². The third kappa shape index (κ3) is 5.87. The van der Waals surface area contributed by atoms with Crippen LogP contribution in [0.3, 0.4) is 0 Å². The molecule has 2 amide bonds. The minimum atomic E-state index is -0.868. The van der Waals surface area contributed by atoms with Gasteiger partial charge in [-0.25, -0.2) is 22.9 Å². The summed E-state index contributed by atoms with van der Waals surface area (Å²) < 4.78 is 58.0. The van der Waals surface area contributed by atoms with Gasteiger partial charge in [0.05, 0.1) is 31.4 Å². The number of ether oxygens (including phenoxy) is 2. The summed E-state index contributed by atoms with van der Waals surface area (Å²) in [4.78, 5) is 32.2. The van der Waals surface area contributed by atoms with Crippen LogP contribution in [0.2, 0.25) is 0 Å². The summed E-state index contributed by atoms with van der Waals surface area (Å²) in [5, 5.41) is 11.4. The molecule has 3 N–H and O–H groups in total. The van der Waals surface area contributed by atoms with E-state index < -0.39 is 23.8 Å². The number of methoxy groups -OCH3 is 1. The maximum atomic E-state index is 17.1. The second-order valence-corrected chi connectivity index (χ2v) is 14.3. The summed E-state index contributed by atoms with van der Waals surface area (Å²) in [6.07, 6.45) is 9.34. The number of hydrogen-bond donors (Lipinski definition) is 2. The summed E-state index contributed by atoms with van der Waals surface area (Å²) >= 11 is 0. The molecule has 3 saturated heterocycles. The van der Waals surface area contributed by atoms with Crippen LogP contribution in [-0.4, -0.2) is 101 Å². The van der Waals surface area contributed by atoms with Gasteiger partial charge in [0.2, 0.25) is 5.88 Å². The number of rotatable bonds is 8. The summed E-state index contributed by atoms with van der Waals surface area (Å²) in [5.74, 6) is 0.936. The number of urea groups is 1. The first-order valence-corrected chi connectivity index (χ1v) is 17.3. The number of primary amides is 1. The molecule has 4 fully saturated rings. The lowest BCUT2D eigenvalue weighted by molar-refractivity contribution is 0.107. The number of nitrogens with zero attached hydrogens (tertiary/aromatic N) is 6. The molecule has 11 nitrogen and oxygen atoms in total. The van der Waals surface area contributed by atoms with Crippen molar-refractivity contribution in [1.29, 1.82) is 0 Å². The molecule has 2 unspecified atom stereocenters. The molecular weight excluding hydrogens is 663 g/mol. The largest absolute Gasteiger partial charge is 0.508 e. The smallest absolute Gasteiger partial charge is 0.319 e. The Morgan fingerprint density at radius 3 is 2.45 bits per heavy atom. The average molecular weight is 702 g/mol. The third-order valence-corrected chi connectivity index (χ3v) is 10.9. The fourth-order valence-electron chi connectivity index (χ4n) is 8.19. The number of phenols is 1. The first-order chi connectivity index (χ1) is 24.6. The molecular formula is C37H38F3N7O4. The Hall–Kier alpha value is -5.03. The summed E-state index contributed by atoms with van der Waals surface area (Å²) in [6.45, 7) is 3.19. The van der Waals surface area contributed by atoms with E-state index in [0.717, 1.165) is 32.2 Å². The molecule has 2 aromatic heterocycles. The van der Waals surface area contributed by atoms with E-state index in [0.29, 0.717) is 50.2 Å². The highest BCUT2D eigenvalue weighted by Gasteiger charge is 2.46. The molecule has 0 spiro atoms. The molecule has 1 aliphatic carbocycles. The fraction of sp³-hybridized carbons (Fsp3) is 0.459. The first-order valence-electron chi connectivity index (χ1n) is 17.3. The zero-order valence-corrected chi connectivity index (χ0v) is 28.2. The van der Waals surface area contributed by atoms with Crippen LogP contribution in [-0.2, 0) is 0 Å². The van der Waals surface area contributed by atoms with Gasteiger partial charge in [-0.2, -0.15) is 9.97 Å². The number of amides is 2.